The molecule has 0 fully saturated rings. The Morgan fingerprint density at radius 2 is 2.06 bits per heavy atom. The van der Waals surface area contributed by atoms with E-state index in [9.17, 15) is 13.2 Å². The van der Waals surface area contributed by atoms with Crippen LogP contribution in [0.3, 0.4) is 0 Å². The van der Waals surface area contributed by atoms with Crippen molar-refractivity contribution < 1.29 is 22.6 Å². The van der Waals surface area contributed by atoms with Crippen molar-refractivity contribution in [2.45, 2.75) is 13.1 Å². The van der Waals surface area contributed by atoms with E-state index >= 15 is 0 Å². The number of halogens is 3. The van der Waals surface area contributed by atoms with Gasteiger partial charge in [0.15, 0.2) is 0 Å². The van der Waals surface area contributed by atoms with Gasteiger partial charge in [0, 0.05) is 12.6 Å². The van der Waals surface area contributed by atoms with Crippen molar-refractivity contribution in [2.75, 3.05) is 32.2 Å². The highest BCUT2D eigenvalue weighted by atomic mass is 19.4. The lowest BCUT2D eigenvalue weighted by atomic mass is 10.5. The van der Waals surface area contributed by atoms with E-state index in [1.165, 1.54) is 7.11 Å². The lowest BCUT2D eigenvalue weighted by Gasteiger charge is -2.09. The summed E-state index contributed by atoms with van der Waals surface area (Å²) in [4.78, 5) is 8.02. The molecule has 1 rings (SSSR count). The highest BCUT2D eigenvalue weighted by Gasteiger charge is 2.27. The van der Waals surface area contributed by atoms with Crippen molar-refractivity contribution in [2.24, 2.45) is 0 Å². The predicted molar refractivity (Wildman–Crippen MR) is 58.7 cm³/mol. The Bertz CT molecular complexity index is 385. The van der Waals surface area contributed by atoms with E-state index in [2.05, 4.69) is 20.0 Å². The zero-order valence-electron chi connectivity index (χ0n) is 10.0. The second-order valence-corrected chi connectivity index (χ2v) is 3.44. The van der Waals surface area contributed by atoms with Gasteiger partial charge in [-0.2, -0.15) is 18.2 Å². The van der Waals surface area contributed by atoms with E-state index in [1.54, 1.807) is 13.0 Å². The minimum Gasteiger partial charge on any atom is -0.481 e. The van der Waals surface area contributed by atoms with Gasteiger partial charge in [-0.25, -0.2) is 4.98 Å². The van der Waals surface area contributed by atoms with Crippen LogP contribution in [0.1, 0.15) is 5.82 Å². The van der Waals surface area contributed by atoms with Crippen LogP contribution in [0.5, 0.6) is 5.88 Å². The fraction of sp³-hybridized carbons (Fsp3) is 0.600. The van der Waals surface area contributed by atoms with Crippen molar-refractivity contribution >= 4 is 5.82 Å². The summed E-state index contributed by atoms with van der Waals surface area (Å²) in [6.07, 6.45) is -4.30. The lowest BCUT2D eigenvalue weighted by Crippen LogP contribution is -2.20. The first-order chi connectivity index (χ1) is 8.40. The molecule has 0 aliphatic carbocycles. The standard InChI is InChI=1S/C10H14F3N3O2/c1-7-15-8(5-9(16-7)17-2)14-3-4-18-6-10(11,12)13/h5H,3-4,6H2,1-2H3,(H,14,15,16). The molecule has 0 saturated heterocycles. The fourth-order valence-electron chi connectivity index (χ4n) is 1.17. The van der Waals surface area contributed by atoms with Crippen molar-refractivity contribution in [3.63, 3.8) is 0 Å². The molecule has 0 aliphatic rings. The molecule has 0 amide bonds. The van der Waals surface area contributed by atoms with Gasteiger partial charge in [-0.1, -0.05) is 0 Å². The number of anilines is 1. The van der Waals surface area contributed by atoms with Gasteiger partial charge in [0.25, 0.3) is 0 Å². The highest BCUT2D eigenvalue weighted by molar-refractivity contribution is 5.38. The molecule has 0 unspecified atom stereocenters. The number of nitrogens with zero attached hydrogens (tertiary/aromatic N) is 2. The Kier molecular flexibility index (Phi) is 5.14. The molecule has 0 aromatic carbocycles. The average molecular weight is 265 g/mol. The minimum atomic E-state index is -4.30. The van der Waals surface area contributed by atoms with E-state index in [-0.39, 0.29) is 13.2 Å². The van der Waals surface area contributed by atoms with Gasteiger partial charge >= 0.3 is 6.18 Å². The summed E-state index contributed by atoms with van der Waals surface area (Å²) in [5.74, 6) is 1.38. The number of nitrogens with one attached hydrogen (secondary N) is 1. The van der Waals surface area contributed by atoms with Crippen LogP contribution in [0.15, 0.2) is 6.07 Å². The Morgan fingerprint density at radius 3 is 2.67 bits per heavy atom. The van der Waals surface area contributed by atoms with Crippen LogP contribution in [0.2, 0.25) is 0 Å². The fourth-order valence-corrected chi connectivity index (χ4v) is 1.17. The summed E-state index contributed by atoms with van der Waals surface area (Å²) in [5.41, 5.74) is 0. The Balaban J connectivity index is 2.33. The molecule has 1 aromatic rings. The smallest absolute Gasteiger partial charge is 0.411 e. The third kappa shape index (κ3) is 5.67. The van der Waals surface area contributed by atoms with Crippen LogP contribution in [-0.4, -0.2) is 43.0 Å². The van der Waals surface area contributed by atoms with E-state index in [4.69, 9.17) is 4.74 Å². The van der Waals surface area contributed by atoms with Crippen LogP contribution in [0, 0.1) is 6.92 Å². The third-order valence-corrected chi connectivity index (χ3v) is 1.84. The number of rotatable bonds is 6. The van der Waals surface area contributed by atoms with E-state index in [1.807, 2.05) is 0 Å². The molecule has 8 heteroatoms. The lowest BCUT2D eigenvalue weighted by molar-refractivity contribution is -0.172. The topological polar surface area (TPSA) is 56.3 Å². The molecular weight excluding hydrogens is 251 g/mol. The number of methoxy groups -OCH3 is 1. The normalized spacial score (nSPS) is 11.4. The highest BCUT2D eigenvalue weighted by Crippen LogP contribution is 2.14. The number of aromatic nitrogens is 2. The Morgan fingerprint density at radius 1 is 1.33 bits per heavy atom. The van der Waals surface area contributed by atoms with Crippen LogP contribution >= 0.6 is 0 Å². The van der Waals surface area contributed by atoms with Gasteiger partial charge in [-0.3, -0.25) is 0 Å². The maximum absolute atomic E-state index is 11.8. The summed E-state index contributed by atoms with van der Waals surface area (Å²) in [6, 6.07) is 1.55. The first-order valence-electron chi connectivity index (χ1n) is 5.19. The molecule has 18 heavy (non-hydrogen) atoms. The number of hydrogen-bond donors (Lipinski definition) is 1. The SMILES string of the molecule is COc1cc(NCCOCC(F)(F)F)nc(C)n1. The Labute approximate surface area is 102 Å². The summed E-state index contributed by atoms with van der Waals surface area (Å²) >= 11 is 0. The molecule has 0 atom stereocenters. The van der Waals surface area contributed by atoms with Gasteiger partial charge in [-0.15, -0.1) is 0 Å². The van der Waals surface area contributed by atoms with Gasteiger partial charge < -0.3 is 14.8 Å². The molecule has 5 nitrogen and oxygen atoms in total. The first-order valence-corrected chi connectivity index (χ1v) is 5.19. The largest absolute Gasteiger partial charge is 0.481 e. The molecule has 1 heterocycles. The molecule has 1 aromatic heterocycles. The number of ether oxygens (including phenoxy) is 2. The zero-order valence-corrected chi connectivity index (χ0v) is 10.0. The average Bonchev–Trinajstić information content (AvgIpc) is 2.26. The Hall–Kier alpha value is -1.57. The maximum Gasteiger partial charge on any atom is 0.411 e. The van der Waals surface area contributed by atoms with Gasteiger partial charge in [0.1, 0.15) is 18.2 Å². The number of hydrogen-bond acceptors (Lipinski definition) is 5. The molecule has 0 aliphatic heterocycles. The van der Waals surface area contributed by atoms with Crippen LogP contribution in [0.4, 0.5) is 19.0 Å². The molecule has 102 valence electrons. The van der Waals surface area contributed by atoms with Crippen molar-refractivity contribution in [1.82, 2.24) is 9.97 Å². The number of aryl methyl sites for hydroxylation is 1. The summed E-state index contributed by atoms with van der Waals surface area (Å²) < 4.78 is 44.7. The van der Waals surface area contributed by atoms with Crippen molar-refractivity contribution in [3.05, 3.63) is 11.9 Å². The summed E-state index contributed by atoms with van der Waals surface area (Å²) in [5, 5.41) is 2.82. The monoisotopic (exact) mass is 265 g/mol. The van der Waals surface area contributed by atoms with E-state index in [0.29, 0.717) is 17.5 Å². The first kappa shape index (κ1) is 14.5. The predicted octanol–water partition coefficient (Wildman–Crippen LogP) is 1.78. The van der Waals surface area contributed by atoms with Gasteiger partial charge in [0.05, 0.1) is 13.7 Å². The maximum atomic E-state index is 11.8. The van der Waals surface area contributed by atoms with Crippen LogP contribution in [-0.2, 0) is 4.74 Å². The second kappa shape index (κ2) is 6.39. The zero-order chi connectivity index (χ0) is 13.6. The second-order valence-electron chi connectivity index (χ2n) is 3.44. The van der Waals surface area contributed by atoms with E-state index in [0.717, 1.165) is 0 Å². The van der Waals surface area contributed by atoms with Crippen molar-refractivity contribution in [3.8, 4) is 5.88 Å². The van der Waals surface area contributed by atoms with Crippen molar-refractivity contribution in [1.29, 1.82) is 0 Å². The molecule has 0 spiro atoms. The van der Waals surface area contributed by atoms with Gasteiger partial charge in [-0.05, 0) is 6.92 Å². The van der Waals surface area contributed by atoms with Crippen LogP contribution < -0.4 is 10.1 Å². The van der Waals surface area contributed by atoms with E-state index < -0.39 is 12.8 Å². The molecular formula is C10H14F3N3O2. The quantitative estimate of drug-likeness (QED) is 0.795. The summed E-state index contributed by atoms with van der Waals surface area (Å²) in [6.45, 7) is 0.592. The molecule has 0 bridgehead atoms. The van der Waals surface area contributed by atoms with Crippen LogP contribution in [0.25, 0.3) is 0 Å². The third-order valence-electron chi connectivity index (χ3n) is 1.84. The molecule has 0 saturated carbocycles. The van der Waals surface area contributed by atoms with Gasteiger partial charge in [0.2, 0.25) is 5.88 Å². The summed E-state index contributed by atoms with van der Waals surface area (Å²) in [7, 11) is 1.47. The molecule has 0 radical (unpaired) electrons. The minimum absolute atomic E-state index is 0.0646. The number of alkyl halides is 3. The molecule has 1 N–H and O–H groups in total.